The zero-order chi connectivity index (χ0) is 12.0. The van der Waals surface area contributed by atoms with Crippen molar-refractivity contribution < 1.29 is 9.15 Å². The van der Waals surface area contributed by atoms with Crippen LogP contribution in [-0.2, 0) is 11.3 Å². The second kappa shape index (κ2) is 7.48. The zero-order valence-electron chi connectivity index (χ0n) is 9.56. The average molecular weight is 355 g/mol. The van der Waals surface area contributed by atoms with E-state index in [1.54, 1.807) is 7.11 Å². The minimum absolute atomic E-state index is 0.387. The van der Waals surface area contributed by atoms with Gasteiger partial charge in [-0.15, -0.1) is 0 Å². The Balaban J connectivity index is 2.41. The fourth-order valence-corrected chi connectivity index (χ4v) is 2.18. The van der Waals surface area contributed by atoms with Crippen molar-refractivity contribution in [3.8, 4) is 0 Å². The molecule has 0 radical (unpaired) electrons. The molecule has 0 fully saturated rings. The fraction of sp³-hybridized carbons (Fsp3) is 0.636. The summed E-state index contributed by atoms with van der Waals surface area (Å²) in [5, 5.41) is 3.42. The average Bonchev–Trinajstić information content (AvgIpc) is 2.56. The summed E-state index contributed by atoms with van der Waals surface area (Å²) in [4.78, 5) is 0. The smallest absolute Gasteiger partial charge is 0.183 e. The van der Waals surface area contributed by atoms with Crippen molar-refractivity contribution in [2.75, 3.05) is 13.7 Å². The summed E-state index contributed by atoms with van der Waals surface area (Å²) in [6, 6.07) is 2.35. The van der Waals surface area contributed by atoms with Gasteiger partial charge in [0.2, 0.25) is 0 Å². The molecule has 0 aromatic carbocycles. The maximum absolute atomic E-state index is 5.49. The molecular weight excluding hydrogens is 338 g/mol. The summed E-state index contributed by atoms with van der Waals surface area (Å²) in [6.07, 6.45) is 2.25. The minimum Gasteiger partial charge on any atom is -0.452 e. The van der Waals surface area contributed by atoms with Gasteiger partial charge in [0.05, 0.1) is 17.6 Å². The molecule has 1 heterocycles. The molecule has 1 N–H and O–H groups in total. The predicted molar refractivity (Wildman–Crippen MR) is 71.5 cm³/mol. The summed E-state index contributed by atoms with van der Waals surface area (Å²) in [6.45, 7) is 3.62. The lowest BCUT2D eigenvalue weighted by Crippen LogP contribution is -2.32. The molecule has 16 heavy (non-hydrogen) atoms. The molecule has 1 rings (SSSR count). The van der Waals surface area contributed by atoms with Gasteiger partial charge in [0.25, 0.3) is 0 Å². The van der Waals surface area contributed by atoms with E-state index < -0.39 is 0 Å². The van der Waals surface area contributed by atoms with Gasteiger partial charge < -0.3 is 14.5 Å². The van der Waals surface area contributed by atoms with Gasteiger partial charge in [0.1, 0.15) is 5.76 Å². The highest BCUT2D eigenvalue weighted by atomic mass is 79.9. The normalized spacial score (nSPS) is 13.0. The molecule has 0 saturated carbocycles. The Morgan fingerprint density at radius 2 is 2.25 bits per heavy atom. The molecule has 0 amide bonds. The molecule has 1 aromatic heterocycles. The van der Waals surface area contributed by atoms with Crippen molar-refractivity contribution >= 4 is 31.9 Å². The number of furan rings is 1. The topological polar surface area (TPSA) is 34.4 Å². The third-order valence-electron chi connectivity index (χ3n) is 2.27. The standard InChI is InChI=1S/C11H17Br2NO2/c1-3-4-8(7-15-2)14-6-9-5-10(12)11(13)16-9/h5,8,14H,3-4,6-7H2,1-2H3. The first-order valence-corrected chi connectivity index (χ1v) is 6.92. The third kappa shape index (κ3) is 4.57. The summed E-state index contributed by atoms with van der Waals surface area (Å²) in [5.74, 6) is 0.913. The van der Waals surface area contributed by atoms with Gasteiger partial charge >= 0.3 is 0 Å². The van der Waals surface area contributed by atoms with Crippen molar-refractivity contribution in [2.45, 2.75) is 32.4 Å². The Bertz CT molecular complexity index is 289. The Kier molecular flexibility index (Phi) is 6.65. The molecule has 92 valence electrons. The highest BCUT2D eigenvalue weighted by Crippen LogP contribution is 2.26. The lowest BCUT2D eigenvalue weighted by Gasteiger charge is -2.15. The van der Waals surface area contributed by atoms with Crippen LogP contribution in [0.1, 0.15) is 25.5 Å². The Hall–Kier alpha value is 0.160. The summed E-state index contributed by atoms with van der Waals surface area (Å²) in [7, 11) is 1.73. The molecular formula is C11H17Br2NO2. The zero-order valence-corrected chi connectivity index (χ0v) is 12.7. The molecule has 0 aliphatic rings. The fourth-order valence-electron chi connectivity index (χ4n) is 1.52. The van der Waals surface area contributed by atoms with Crippen LogP contribution in [0.15, 0.2) is 19.6 Å². The highest BCUT2D eigenvalue weighted by molar-refractivity contribution is 9.13. The quantitative estimate of drug-likeness (QED) is 0.810. The van der Waals surface area contributed by atoms with E-state index in [4.69, 9.17) is 9.15 Å². The van der Waals surface area contributed by atoms with Gasteiger partial charge in [0.15, 0.2) is 4.67 Å². The number of halogens is 2. The molecule has 3 nitrogen and oxygen atoms in total. The van der Waals surface area contributed by atoms with Gasteiger partial charge in [-0.2, -0.15) is 0 Å². The Morgan fingerprint density at radius 3 is 2.75 bits per heavy atom. The van der Waals surface area contributed by atoms with Crippen LogP contribution >= 0.6 is 31.9 Å². The lowest BCUT2D eigenvalue weighted by atomic mass is 10.2. The van der Waals surface area contributed by atoms with E-state index in [1.165, 1.54) is 0 Å². The number of hydrogen-bond acceptors (Lipinski definition) is 3. The number of rotatable bonds is 7. The summed E-state index contributed by atoms with van der Waals surface area (Å²) >= 11 is 6.71. The van der Waals surface area contributed by atoms with E-state index in [0.29, 0.717) is 6.04 Å². The van der Waals surface area contributed by atoms with Crippen LogP contribution in [0.5, 0.6) is 0 Å². The Labute approximate surface area is 113 Å². The molecule has 0 spiro atoms. The predicted octanol–water partition coefficient (Wildman–Crippen LogP) is 3.71. The van der Waals surface area contributed by atoms with Crippen LogP contribution in [0, 0.1) is 0 Å². The Morgan fingerprint density at radius 1 is 1.50 bits per heavy atom. The van der Waals surface area contributed by atoms with Crippen LogP contribution in [0.4, 0.5) is 0 Å². The number of nitrogens with one attached hydrogen (secondary N) is 1. The lowest BCUT2D eigenvalue weighted by molar-refractivity contribution is 0.160. The number of hydrogen-bond donors (Lipinski definition) is 1. The van der Waals surface area contributed by atoms with Gasteiger partial charge in [0, 0.05) is 13.2 Å². The molecule has 0 aliphatic carbocycles. The second-order valence-corrected chi connectivity index (χ2v) is 5.23. The van der Waals surface area contributed by atoms with E-state index in [9.17, 15) is 0 Å². The number of methoxy groups -OCH3 is 1. The molecule has 5 heteroatoms. The van der Waals surface area contributed by atoms with E-state index in [-0.39, 0.29) is 0 Å². The van der Waals surface area contributed by atoms with Crippen LogP contribution < -0.4 is 5.32 Å². The molecule has 0 saturated heterocycles. The van der Waals surface area contributed by atoms with Crippen LogP contribution in [0.25, 0.3) is 0 Å². The molecule has 0 aliphatic heterocycles. The van der Waals surface area contributed by atoms with E-state index in [0.717, 1.165) is 40.9 Å². The highest BCUT2D eigenvalue weighted by Gasteiger charge is 2.10. The summed E-state index contributed by atoms with van der Waals surface area (Å²) < 4.78 is 12.3. The molecule has 1 unspecified atom stereocenters. The van der Waals surface area contributed by atoms with E-state index in [2.05, 4.69) is 44.1 Å². The van der Waals surface area contributed by atoms with Gasteiger partial charge in [-0.25, -0.2) is 0 Å². The summed E-state index contributed by atoms with van der Waals surface area (Å²) in [5.41, 5.74) is 0. The first kappa shape index (κ1) is 14.2. The van der Waals surface area contributed by atoms with Crippen LogP contribution in [0.3, 0.4) is 0 Å². The minimum atomic E-state index is 0.387. The number of ether oxygens (including phenoxy) is 1. The van der Waals surface area contributed by atoms with Crippen molar-refractivity contribution in [1.82, 2.24) is 5.32 Å². The van der Waals surface area contributed by atoms with Gasteiger partial charge in [-0.3, -0.25) is 0 Å². The SMILES string of the molecule is CCCC(COC)NCc1cc(Br)c(Br)o1. The maximum Gasteiger partial charge on any atom is 0.183 e. The molecule has 0 bridgehead atoms. The van der Waals surface area contributed by atoms with Crippen LogP contribution in [-0.4, -0.2) is 19.8 Å². The molecule has 1 aromatic rings. The molecule has 1 atom stereocenters. The van der Waals surface area contributed by atoms with Crippen molar-refractivity contribution in [3.05, 3.63) is 21.0 Å². The third-order valence-corrected chi connectivity index (χ3v) is 3.98. The maximum atomic E-state index is 5.49. The van der Waals surface area contributed by atoms with E-state index >= 15 is 0 Å². The van der Waals surface area contributed by atoms with Gasteiger partial charge in [-0.1, -0.05) is 13.3 Å². The van der Waals surface area contributed by atoms with Crippen molar-refractivity contribution in [3.63, 3.8) is 0 Å². The van der Waals surface area contributed by atoms with Crippen molar-refractivity contribution in [1.29, 1.82) is 0 Å². The van der Waals surface area contributed by atoms with Gasteiger partial charge in [-0.05, 0) is 44.3 Å². The first-order valence-electron chi connectivity index (χ1n) is 5.33. The van der Waals surface area contributed by atoms with E-state index in [1.807, 2.05) is 6.07 Å². The first-order chi connectivity index (χ1) is 7.67. The largest absolute Gasteiger partial charge is 0.452 e. The van der Waals surface area contributed by atoms with Crippen molar-refractivity contribution in [2.24, 2.45) is 0 Å². The van der Waals surface area contributed by atoms with Crippen LogP contribution in [0.2, 0.25) is 0 Å². The monoisotopic (exact) mass is 353 g/mol. The second-order valence-electron chi connectivity index (χ2n) is 3.66.